The Morgan fingerprint density at radius 2 is 1.67 bits per heavy atom. The number of rotatable bonds is 3. The van der Waals surface area contributed by atoms with Crippen LogP contribution in [0.1, 0.15) is 47.4 Å². The lowest BCUT2D eigenvalue weighted by Crippen LogP contribution is -2.43. The Labute approximate surface area is 199 Å². The summed E-state index contributed by atoms with van der Waals surface area (Å²) < 4.78 is 5.97. The molecule has 0 radical (unpaired) electrons. The smallest absolute Gasteiger partial charge is 0.410 e. The van der Waals surface area contributed by atoms with E-state index in [0.29, 0.717) is 6.61 Å². The minimum Gasteiger partial charge on any atom is -0.448 e. The molecule has 33 heavy (non-hydrogen) atoms. The van der Waals surface area contributed by atoms with Gasteiger partial charge < -0.3 is 4.74 Å². The maximum atomic E-state index is 13.2. The number of carbonyl (C=O) groups is 1. The van der Waals surface area contributed by atoms with Gasteiger partial charge in [-0.3, -0.25) is 4.90 Å². The van der Waals surface area contributed by atoms with Crippen LogP contribution in [-0.4, -0.2) is 29.7 Å². The zero-order valence-electron chi connectivity index (χ0n) is 18.6. The fourth-order valence-corrected chi connectivity index (χ4v) is 6.22. The van der Waals surface area contributed by atoms with Crippen LogP contribution in [0, 0.1) is 6.92 Å². The molecule has 1 amide bonds. The van der Waals surface area contributed by atoms with Gasteiger partial charge in [-0.1, -0.05) is 78.3 Å². The van der Waals surface area contributed by atoms with Crippen molar-refractivity contribution in [1.82, 2.24) is 4.90 Å². The van der Waals surface area contributed by atoms with E-state index in [4.69, 9.17) is 16.3 Å². The third-order valence-electron chi connectivity index (χ3n) is 7.41. The van der Waals surface area contributed by atoms with Crippen molar-refractivity contribution >= 4 is 23.3 Å². The van der Waals surface area contributed by atoms with Gasteiger partial charge in [0.2, 0.25) is 0 Å². The zero-order valence-corrected chi connectivity index (χ0v) is 19.4. The molecule has 0 spiro atoms. The first kappa shape index (κ1) is 20.6. The van der Waals surface area contributed by atoms with Crippen molar-refractivity contribution in [1.29, 1.82) is 0 Å². The number of ether oxygens (including phenoxy) is 1. The summed E-state index contributed by atoms with van der Waals surface area (Å²) in [5, 5.41) is 0.787. The molecule has 166 valence electrons. The minimum absolute atomic E-state index is 0.0757. The predicted octanol–water partition coefficient (Wildman–Crippen LogP) is 7.22. The maximum Gasteiger partial charge on any atom is 0.410 e. The highest BCUT2D eigenvalue weighted by atomic mass is 35.5. The lowest BCUT2D eigenvalue weighted by atomic mass is 9.94. The van der Waals surface area contributed by atoms with Gasteiger partial charge in [0.15, 0.2) is 0 Å². The maximum absolute atomic E-state index is 13.2. The van der Waals surface area contributed by atoms with Gasteiger partial charge in [-0.15, -0.1) is 0 Å². The topological polar surface area (TPSA) is 29.5 Å². The van der Waals surface area contributed by atoms with Gasteiger partial charge >= 0.3 is 6.09 Å². The number of benzene rings is 3. The number of fused-ring (bicyclic) bond motifs is 5. The number of aryl methyl sites for hydroxylation is 1. The fourth-order valence-electron chi connectivity index (χ4n) is 5.86. The van der Waals surface area contributed by atoms with E-state index < -0.39 is 0 Å². The molecule has 2 atom stereocenters. The van der Waals surface area contributed by atoms with E-state index in [-0.39, 0.29) is 24.1 Å². The summed E-state index contributed by atoms with van der Waals surface area (Å²) in [6, 6.07) is 23.3. The van der Waals surface area contributed by atoms with Crippen molar-refractivity contribution < 1.29 is 9.53 Å². The van der Waals surface area contributed by atoms with Gasteiger partial charge in [0, 0.05) is 17.0 Å². The molecule has 4 heteroatoms. The van der Waals surface area contributed by atoms with Crippen LogP contribution in [0.3, 0.4) is 0 Å². The molecule has 2 aliphatic heterocycles. The van der Waals surface area contributed by atoms with Gasteiger partial charge in [-0.05, 0) is 71.2 Å². The van der Waals surface area contributed by atoms with E-state index >= 15 is 0 Å². The number of halogens is 1. The van der Waals surface area contributed by atoms with E-state index in [1.54, 1.807) is 0 Å². The van der Waals surface area contributed by atoms with Gasteiger partial charge in [0.25, 0.3) is 0 Å². The standard InChI is InChI=1S/C29H26ClNO2/c1-18-10-13-22(28(30)14-18)19-15-20-11-12-21(16-19)31(20)29(32)33-17-27-25-8-4-2-6-23(25)24-7-3-5-9-26(24)27/h2-10,13-15,20-21,27H,11-12,16-17H2,1H3. The lowest BCUT2D eigenvalue weighted by molar-refractivity contribution is 0.0866. The largest absolute Gasteiger partial charge is 0.448 e. The van der Waals surface area contributed by atoms with Crippen LogP contribution in [0.25, 0.3) is 16.7 Å². The molecule has 2 heterocycles. The summed E-state index contributed by atoms with van der Waals surface area (Å²) in [5.41, 5.74) is 8.46. The molecule has 1 fully saturated rings. The van der Waals surface area contributed by atoms with Gasteiger partial charge in [-0.25, -0.2) is 4.79 Å². The Bertz CT molecular complexity index is 1230. The molecule has 3 aliphatic rings. The average molecular weight is 456 g/mol. The summed E-state index contributed by atoms with van der Waals surface area (Å²) in [5.74, 6) is 0.0845. The molecule has 6 rings (SSSR count). The highest BCUT2D eigenvalue weighted by Gasteiger charge is 2.41. The van der Waals surface area contributed by atoms with Gasteiger partial charge in [-0.2, -0.15) is 0 Å². The first-order chi connectivity index (χ1) is 16.1. The number of amides is 1. The molecule has 2 bridgehead atoms. The molecule has 0 saturated carbocycles. The second kappa shape index (κ2) is 8.07. The number of hydrogen-bond acceptors (Lipinski definition) is 2. The molecule has 3 aromatic carbocycles. The molecule has 3 aromatic rings. The van der Waals surface area contributed by atoms with Crippen molar-refractivity contribution in [3.63, 3.8) is 0 Å². The van der Waals surface area contributed by atoms with E-state index in [1.807, 2.05) is 17.9 Å². The van der Waals surface area contributed by atoms with Crippen molar-refractivity contribution in [2.45, 2.75) is 44.2 Å². The van der Waals surface area contributed by atoms with Crippen LogP contribution in [0.5, 0.6) is 0 Å². The van der Waals surface area contributed by atoms with Gasteiger partial charge in [0.05, 0.1) is 6.04 Å². The summed E-state index contributed by atoms with van der Waals surface area (Å²) >= 11 is 6.54. The summed E-state index contributed by atoms with van der Waals surface area (Å²) in [6.07, 6.45) is 4.82. The Balaban J connectivity index is 1.21. The van der Waals surface area contributed by atoms with Crippen molar-refractivity contribution in [3.05, 3.63) is 100 Å². The third kappa shape index (κ3) is 3.46. The predicted molar refractivity (Wildman–Crippen MR) is 133 cm³/mol. The summed E-state index contributed by atoms with van der Waals surface area (Å²) in [4.78, 5) is 15.2. The molecule has 2 unspecified atom stereocenters. The molecular weight excluding hydrogens is 430 g/mol. The SMILES string of the molecule is Cc1ccc(C2=CC3CCC(C2)N3C(=O)OCC2c3ccccc3-c3ccccc32)c(Cl)c1. The highest BCUT2D eigenvalue weighted by Crippen LogP contribution is 2.45. The summed E-state index contributed by atoms with van der Waals surface area (Å²) in [7, 11) is 0. The fraction of sp³-hybridized carbons (Fsp3) is 0.276. The second-order valence-corrected chi connectivity index (χ2v) is 9.80. The van der Waals surface area contributed by atoms with Crippen LogP contribution in [0.2, 0.25) is 5.02 Å². The van der Waals surface area contributed by atoms with Gasteiger partial charge in [0.1, 0.15) is 6.61 Å². The number of carbonyl (C=O) groups excluding carboxylic acids is 1. The first-order valence-electron chi connectivity index (χ1n) is 11.7. The second-order valence-electron chi connectivity index (χ2n) is 9.39. The quantitative estimate of drug-likeness (QED) is 0.417. The number of hydrogen-bond donors (Lipinski definition) is 0. The molecule has 0 N–H and O–H groups in total. The van der Waals surface area contributed by atoms with Crippen molar-refractivity contribution in [2.24, 2.45) is 0 Å². The van der Waals surface area contributed by atoms with Crippen LogP contribution in [0.4, 0.5) is 4.79 Å². The number of nitrogens with zero attached hydrogens (tertiary/aromatic N) is 1. The van der Waals surface area contributed by atoms with Crippen LogP contribution >= 0.6 is 11.6 Å². The third-order valence-corrected chi connectivity index (χ3v) is 7.73. The minimum atomic E-state index is -0.199. The molecule has 1 saturated heterocycles. The van der Waals surface area contributed by atoms with Crippen LogP contribution in [0.15, 0.2) is 72.8 Å². The van der Waals surface area contributed by atoms with E-state index in [9.17, 15) is 4.79 Å². The molecule has 3 nitrogen and oxygen atoms in total. The first-order valence-corrected chi connectivity index (χ1v) is 12.1. The molecule has 1 aliphatic carbocycles. The van der Waals surface area contributed by atoms with Crippen molar-refractivity contribution in [2.75, 3.05) is 6.61 Å². The summed E-state index contributed by atoms with van der Waals surface area (Å²) in [6.45, 7) is 2.41. The average Bonchev–Trinajstić information content (AvgIpc) is 3.28. The van der Waals surface area contributed by atoms with E-state index in [1.165, 1.54) is 27.8 Å². The Hall–Kier alpha value is -3.04. The van der Waals surface area contributed by atoms with E-state index in [2.05, 4.69) is 66.7 Å². The van der Waals surface area contributed by atoms with E-state index in [0.717, 1.165) is 35.4 Å². The zero-order chi connectivity index (χ0) is 22.5. The Morgan fingerprint density at radius 1 is 0.970 bits per heavy atom. The molecule has 0 aromatic heterocycles. The van der Waals surface area contributed by atoms with Crippen LogP contribution in [-0.2, 0) is 4.74 Å². The Kier molecular flexibility index (Phi) is 5.03. The Morgan fingerprint density at radius 3 is 2.33 bits per heavy atom. The van der Waals surface area contributed by atoms with Crippen molar-refractivity contribution in [3.8, 4) is 11.1 Å². The van der Waals surface area contributed by atoms with Crippen LogP contribution < -0.4 is 0 Å². The normalized spacial score (nSPS) is 20.9. The molecular formula is C29H26ClNO2. The lowest BCUT2D eigenvalue weighted by Gasteiger charge is -2.34. The highest BCUT2D eigenvalue weighted by molar-refractivity contribution is 6.32. The monoisotopic (exact) mass is 455 g/mol.